The topological polar surface area (TPSA) is 0 Å². The first-order valence-electron chi connectivity index (χ1n) is 4.84. The van der Waals surface area contributed by atoms with E-state index in [1.165, 1.54) is 6.07 Å². The monoisotopic (exact) mass is 282 g/mol. The lowest BCUT2D eigenvalue weighted by molar-refractivity contribution is 0.588. The zero-order valence-corrected chi connectivity index (χ0v) is 9.97. The van der Waals surface area contributed by atoms with Crippen molar-refractivity contribution < 1.29 is 8.78 Å². The van der Waals surface area contributed by atoms with Crippen molar-refractivity contribution in [2.24, 2.45) is 0 Å². The maximum atomic E-state index is 13.4. The molecule has 0 spiro atoms. The Morgan fingerprint density at radius 2 is 1.69 bits per heavy atom. The van der Waals surface area contributed by atoms with Gasteiger partial charge < -0.3 is 0 Å². The Balaban J connectivity index is 2.34. The van der Waals surface area contributed by atoms with Gasteiger partial charge in [0.25, 0.3) is 0 Å². The predicted molar refractivity (Wildman–Crippen MR) is 63.3 cm³/mol. The number of halogens is 3. The summed E-state index contributed by atoms with van der Waals surface area (Å²) in [6.07, 6.45) is 0.380. The Hall–Kier alpha value is -1.22. The van der Waals surface area contributed by atoms with E-state index in [1.807, 2.05) is 24.3 Å². The highest BCUT2D eigenvalue weighted by molar-refractivity contribution is 9.10. The largest absolute Gasteiger partial charge is 0.207 e. The van der Waals surface area contributed by atoms with E-state index >= 15 is 0 Å². The predicted octanol–water partition coefficient (Wildman–Crippen LogP) is 4.32. The fourth-order valence-electron chi connectivity index (χ4n) is 1.53. The SMILES string of the molecule is Fc1ccc(F)c(Cc2ccccc2Br)c1. The van der Waals surface area contributed by atoms with E-state index in [4.69, 9.17) is 0 Å². The first-order valence-corrected chi connectivity index (χ1v) is 5.63. The van der Waals surface area contributed by atoms with Crippen molar-refractivity contribution in [3.05, 3.63) is 69.7 Å². The summed E-state index contributed by atoms with van der Waals surface area (Å²) in [6, 6.07) is 11.0. The van der Waals surface area contributed by atoms with Crippen LogP contribution < -0.4 is 0 Å². The average Bonchev–Trinajstić information content (AvgIpc) is 2.27. The van der Waals surface area contributed by atoms with E-state index in [-0.39, 0.29) is 5.82 Å². The van der Waals surface area contributed by atoms with Crippen molar-refractivity contribution in [2.45, 2.75) is 6.42 Å². The molecular weight excluding hydrogens is 274 g/mol. The Morgan fingerprint density at radius 3 is 2.44 bits per heavy atom. The number of hydrogen-bond acceptors (Lipinski definition) is 0. The summed E-state index contributed by atoms with van der Waals surface area (Å²) in [6.45, 7) is 0. The van der Waals surface area contributed by atoms with Crippen LogP contribution in [0.25, 0.3) is 0 Å². The summed E-state index contributed by atoms with van der Waals surface area (Å²) < 4.78 is 27.3. The molecule has 0 saturated heterocycles. The van der Waals surface area contributed by atoms with Crippen molar-refractivity contribution in [3.8, 4) is 0 Å². The lowest BCUT2D eigenvalue weighted by atomic mass is 10.0. The van der Waals surface area contributed by atoms with Gasteiger partial charge in [0.2, 0.25) is 0 Å². The van der Waals surface area contributed by atoms with Crippen molar-refractivity contribution in [1.82, 2.24) is 0 Å². The van der Waals surface area contributed by atoms with Crippen LogP contribution in [0.2, 0.25) is 0 Å². The van der Waals surface area contributed by atoms with Crippen molar-refractivity contribution >= 4 is 15.9 Å². The summed E-state index contributed by atoms with van der Waals surface area (Å²) in [5.74, 6) is -0.791. The molecule has 16 heavy (non-hydrogen) atoms. The summed E-state index contributed by atoms with van der Waals surface area (Å²) in [4.78, 5) is 0. The van der Waals surface area contributed by atoms with E-state index in [0.29, 0.717) is 12.0 Å². The molecule has 0 saturated carbocycles. The molecule has 0 aliphatic carbocycles. The normalized spacial score (nSPS) is 10.4. The van der Waals surface area contributed by atoms with Crippen LogP contribution in [0, 0.1) is 11.6 Å². The molecule has 2 aromatic rings. The second-order valence-corrected chi connectivity index (χ2v) is 4.36. The lowest BCUT2D eigenvalue weighted by Gasteiger charge is -2.05. The zero-order chi connectivity index (χ0) is 11.5. The number of rotatable bonds is 2. The van der Waals surface area contributed by atoms with Gasteiger partial charge in [-0.1, -0.05) is 34.1 Å². The molecule has 0 nitrogen and oxygen atoms in total. The van der Waals surface area contributed by atoms with Crippen LogP contribution in [0.4, 0.5) is 8.78 Å². The molecule has 0 heterocycles. The Bertz CT molecular complexity index is 509. The highest BCUT2D eigenvalue weighted by Gasteiger charge is 2.06. The molecule has 0 aliphatic rings. The van der Waals surface area contributed by atoms with Crippen LogP contribution in [0.5, 0.6) is 0 Å². The molecule has 82 valence electrons. The zero-order valence-electron chi connectivity index (χ0n) is 8.38. The molecule has 0 aromatic heterocycles. The first-order chi connectivity index (χ1) is 7.66. The summed E-state index contributed by atoms with van der Waals surface area (Å²) >= 11 is 3.38. The molecule has 2 aromatic carbocycles. The van der Waals surface area contributed by atoms with Crippen molar-refractivity contribution in [1.29, 1.82) is 0 Å². The molecule has 0 atom stereocenters. The third-order valence-electron chi connectivity index (χ3n) is 2.35. The van der Waals surface area contributed by atoms with Gasteiger partial charge in [0.15, 0.2) is 0 Å². The van der Waals surface area contributed by atoms with Gasteiger partial charge in [-0.15, -0.1) is 0 Å². The fourth-order valence-corrected chi connectivity index (χ4v) is 1.95. The summed E-state index contributed by atoms with van der Waals surface area (Å²) in [7, 11) is 0. The third-order valence-corrected chi connectivity index (χ3v) is 3.12. The second-order valence-electron chi connectivity index (χ2n) is 3.50. The number of hydrogen-bond donors (Lipinski definition) is 0. The van der Waals surface area contributed by atoms with Gasteiger partial charge >= 0.3 is 0 Å². The van der Waals surface area contributed by atoms with Crippen LogP contribution in [-0.4, -0.2) is 0 Å². The molecule has 2 rings (SSSR count). The van der Waals surface area contributed by atoms with Crippen LogP contribution in [0.1, 0.15) is 11.1 Å². The van der Waals surface area contributed by atoms with Gasteiger partial charge in [0.05, 0.1) is 0 Å². The van der Waals surface area contributed by atoms with Crippen molar-refractivity contribution in [2.75, 3.05) is 0 Å². The highest BCUT2D eigenvalue weighted by Crippen LogP contribution is 2.21. The Labute approximate surface area is 101 Å². The first kappa shape index (κ1) is 11.3. The molecule has 0 N–H and O–H groups in total. The van der Waals surface area contributed by atoms with Gasteiger partial charge in [-0.05, 0) is 35.4 Å². The highest BCUT2D eigenvalue weighted by atomic mass is 79.9. The van der Waals surface area contributed by atoms with Gasteiger partial charge in [-0.3, -0.25) is 0 Å². The van der Waals surface area contributed by atoms with E-state index in [0.717, 1.165) is 22.2 Å². The molecule has 3 heteroatoms. The smallest absolute Gasteiger partial charge is 0.126 e. The van der Waals surface area contributed by atoms with Crippen molar-refractivity contribution in [3.63, 3.8) is 0 Å². The Morgan fingerprint density at radius 1 is 0.938 bits per heavy atom. The minimum atomic E-state index is -0.413. The van der Waals surface area contributed by atoms with E-state index in [1.54, 1.807) is 0 Å². The number of benzene rings is 2. The minimum absolute atomic E-state index is 0.368. The maximum absolute atomic E-state index is 13.4. The van der Waals surface area contributed by atoms with E-state index in [2.05, 4.69) is 15.9 Å². The van der Waals surface area contributed by atoms with Gasteiger partial charge in [-0.2, -0.15) is 0 Å². The van der Waals surface area contributed by atoms with Gasteiger partial charge in [-0.25, -0.2) is 8.78 Å². The van der Waals surface area contributed by atoms with E-state index < -0.39 is 5.82 Å². The van der Waals surface area contributed by atoms with Crippen LogP contribution >= 0.6 is 15.9 Å². The molecule has 0 amide bonds. The summed E-state index contributed by atoms with van der Waals surface area (Å²) in [5, 5.41) is 0. The third kappa shape index (κ3) is 2.47. The summed E-state index contributed by atoms with van der Waals surface area (Å²) in [5.41, 5.74) is 1.30. The maximum Gasteiger partial charge on any atom is 0.126 e. The van der Waals surface area contributed by atoms with Crippen LogP contribution in [0.3, 0.4) is 0 Å². The Kier molecular flexibility index (Phi) is 3.34. The quantitative estimate of drug-likeness (QED) is 0.770. The molecule has 0 aliphatic heterocycles. The van der Waals surface area contributed by atoms with Crippen LogP contribution in [-0.2, 0) is 6.42 Å². The molecular formula is C13H9BrF2. The minimum Gasteiger partial charge on any atom is -0.207 e. The van der Waals surface area contributed by atoms with Crippen LogP contribution in [0.15, 0.2) is 46.9 Å². The average molecular weight is 283 g/mol. The van der Waals surface area contributed by atoms with Gasteiger partial charge in [0.1, 0.15) is 11.6 Å². The lowest BCUT2D eigenvalue weighted by Crippen LogP contribution is -1.94. The van der Waals surface area contributed by atoms with Gasteiger partial charge in [0, 0.05) is 10.9 Å². The fraction of sp³-hybridized carbons (Fsp3) is 0.0769. The van der Waals surface area contributed by atoms with E-state index in [9.17, 15) is 8.78 Å². The molecule has 0 bridgehead atoms. The second kappa shape index (κ2) is 4.74. The molecule has 0 unspecified atom stereocenters. The molecule has 0 radical (unpaired) electrons. The standard InChI is InChI=1S/C13H9BrF2/c14-12-4-2-1-3-9(12)7-10-8-11(15)5-6-13(10)16/h1-6,8H,7H2. The molecule has 0 fully saturated rings.